The van der Waals surface area contributed by atoms with Gasteiger partial charge in [-0.2, -0.15) is 0 Å². The number of hydrogen-bond acceptors (Lipinski definition) is 6. The third kappa shape index (κ3) is 4.35. The van der Waals surface area contributed by atoms with Gasteiger partial charge in [0.1, 0.15) is 10.6 Å². The first kappa shape index (κ1) is 23.3. The van der Waals surface area contributed by atoms with E-state index in [0.717, 1.165) is 16.7 Å². The Labute approximate surface area is 206 Å². The molecular weight excluding hydrogens is 466 g/mol. The summed E-state index contributed by atoms with van der Waals surface area (Å²) in [6.45, 7) is 1.91. The van der Waals surface area contributed by atoms with Gasteiger partial charge in [0.05, 0.1) is 30.7 Å². The number of rotatable bonds is 7. The van der Waals surface area contributed by atoms with Crippen molar-refractivity contribution in [2.75, 3.05) is 11.9 Å². The van der Waals surface area contributed by atoms with Crippen molar-refractivity contribution in [3.8, 4) is 22.3 Å². The van der Waals surface area contributed by atoms with Crippen LogP contribution in [0, 0.1) is 11.8 Å². The molecular formula is C27H25NO6S. The highest BCUT2D eigenvalue weighted by Gasteiger charge is 2.55. The van der Waals surface area contributed by atoms with E-state index in [1.165, 1.54) is 11.3 Å². The van der Waals surface area contributed by atoms with E-state index in [0.29, 0.717) is 23.4 Å². The van der Waals surface area contributed by atoms with E-state index in [-0.39, 0.29) is 12.2 Å². The summed E-state index contributed by atoms with van der Waals surface area (Å²) >= 11 is 1.22. The maximum absolute atomic E-state index is 13.2. The van der Waals surface area contributed by atoms with Crippen LogP contribution in [0.5, 0.6) is 0 Å². The van der Waals surface area contributed by atoms with Crippen LogP contribution < -0.4 is 5.32 Å². The maximum Gasteiger partial charge on any atom is 0.341 e. The lowest BCUT2D eigenvalue weighted by atomic mass is 9.79. The van der Waals surface area contributed by atoms with Crippen LogP contribution in [0.25, 0.3) is 22.3 Å². The molecule has 2 saturated heterocycles. The Balaban J connectivity index is 1.44. The molecule has 0 radical (unpaired) electrons. The average molecular weight is 492 g/mol. The number of esters is 1. The standard InChI is InChI=1S/C27H25NO6S/c1-2-33-27(32)21-18(17-10-8-16(9-11-17)15-6-4-3-5-7-15)14-35-25(21)28-24(29)22-19-12-13-20(34-19)23(22)26(30)31/h3-11,14,19-20,22-23H,2,12-13H2,1H3,(H,28,29)(H,30,31)/t19-,20-,22+,23-/m0/s1. The van der Waals surface area contributed by atoms with Gasteiger partial charge in [0.25, 0.3) is 0 Å². The molecule has 3 heterocycles. The molecule has 0 unspecified atom stereocenters. The zero-order valence-corrected chi connectivity index (χ0v) is 19.9. The lowest BCUT2D eigenvalue weighted by Gasteiger charge is -2.23. The number of thiophene rings is 1. The number of carbonyl (C=O) groups is 3. The predicted octanol–water partition coefficient (Wildman–Crippen LogP) is 5.08. The lowest BCUT2D eigenvalue weighted by molar-refractivity contribution is -0.147. The SMILES string of the molecule is CCOC(=O)c1c(-c2ccc(-c3ccccc3)cc2)csc1NC(=O)[C@H]1[C@@H](C(=O)O)[C@@H]2CC[C@@H]1O2. The maximum atomic E-state index is 13.2. The van der Waals surface area contributed by atoms with Gasteiger partial charge in [0.2, 0.25) is 5.91 Å². The molecule has 2 aliphatic heterocycles. The monoisotopic (exact) mass is 491 g/mol. The van der Waals surface area contributed by atoms with Crippen molar-refractivity contribution in [3.63, 3.8) is 0 Å². The molecule has 2 bridgehead atoms. The molecule has 2 aliphatic rings. The van der Waals surface area contributed by atoms with Gasteiger partial charge in [-0.1, -0.05) is 54.6 Å². The van der Waals surface area contributed by atoms with E-state index in [9.17, 15) is 19.5 Å². The Hall–Kier alpha value is -3.49. The van der Waals surface area contributed by atoms with Gasteiger partial charge in [-0.15, -0.1) is 11.3 Å². The lowest BCUT2D eigenvalue weighted by Crippen LogP contribution is -2.41. The molecule has 1 aromatic heterocycles. The van der Waals surface area contributed by atoms with Crippen LogP contribution in [0.1, 0.15) is 30.1 Å². The summed E-state index contributed by atoms with van der Waals surface area (Å²) in [4.78, 5) is 37.9. The zero-order chi connectivity index (χ0) is 24.5. The molecule has 2 fully saturated rings. The first-order valence-corrected chi connectivity index (χ1v) is 12.5. The summed E-state index contributed by atoms with van der Waals surface area (Å²) in [6.07, 6.45) is 0.430. The van der Waals surface area contributed by atoms with E-state index in [1.54, 1.807) is 6.92 Å². The van der Waals surface area contributed by atoms with Gasteiger partial charge in [0.15, 0.2) is 0 Å². The first-order valence-electron chi connectivity index (χ1n) is 11.6. The molecule has 0 spiro atoms. The van der Waals surface area contributed by atoms with E-state index < -0.39 is 41.9 Å². The second kappa shape index (κ2) is 9.64. The molecule has 0 aliphatic carbocycles. The molecule has 0 saturated carbocycles. The van der Waals surface area contributed by atoms with Gasteiger partial charge in [0, 0.05) is 10.9 Å². The average Bonchev–Trinajstić information content (AvgIpc) is 3.59. The smallest absolute Gasteiger partial charge is 0.341 e. The first-order chi connectivity index (χ1) is 17.0. The summed E-state index contributed by atoms with van der Waals surface area (Å²) in [7, 11) is 0. The van der Waals surface area contributed by atoms with Crippen LogP contribution in [0.4, 0.5) is 5.00 Å². The summed E-state index contributed by atoms with van der Waals surface area (Å²) in [6, 6.07) is 17.8. The minimum atomic E-state index is -1.03. The molecule has 8 heteroatoms. The van der Waals surface area contributed by atoms with Crippen molar-refractivity contribution in [1.82, 2.24) is 0 Å². The number of aliphatic carboxylic acids is 1. The Morgan fingerprint density at radius 1 is 0.971 bits per heavy atom. The minimum Gasteiger partial charge on any atom is -0.481 e. The van der Waals surface area contributed by atoms with Gasteiger partial charge in [-0.05, 0) is 36.5 Å². The van der Waals surface area contributed by atoms with Gasteiger partial charge in [-0.25, -0.2) is 4.79 Å². The summed E-state index contributed by atoms with van der Waals surface area (Å²) in [5.74, 6) is -3.69. The van der Waals surface area contributed by atoms with Gasteiger partial charge >= 0.3 is 11.9 Å². The van der Waals surface area contributed by atoms with Crippen molar-refractivity contribution < 1.29 is 29.0 Å². The van der Waals surface area contributed by atoms with E-state index in [2.05, 4.69) is 5.32 Å². The highest BCUT2D eigenvalue weighted by atomic mass is 32.1. The number of fused-ring (bicyclic) bond motifs is 2. The molecule has 2 aromatic carbocycles. The fraction of sp³-hybridized carbons (Fsp3) is 0.296. The van der Waals surface area contributed by atoms with Gasteiger partial charge in [-0.3, -0.25) is 9.59 Å². The molecule has 35 heavy (non-hydrogen) atoms. The van der Waals surface area contributed by atoms with Crippen molar-refractivity contribution in [1.29, 1.82) is 0 Å². The van der Waals surface area contributed by atoms with E-state index >= 15 is 0 Å². The number of benzene rings is 2. The number of anilines is 1. The Morgan fingerprint density at radius 3 is 2.26 bits per heavy atom. The van der Waals surface area contributed by atoms with Crippen molar-refractivity contribution >= 4 is 34.2 Å². The molecule has 3 aromatic rings. The second-order valence-corrected chi connectivity index (χ2v) is 9.57. The fourth-order valence-electron chi connectivity index (χ4n) is 5.06. The normalized spacial score (nSPS) is 22.7. The second-order valence-electron chi connectivity index (χ2n) is 8.69. The largest absolute Gasteiger partial charge is 0.481 e. The number of ether oxygens (including phenoxy) is 2. The molecule has 4 atom stereocenters. The number of nitrogens with one attached hydrogen (secondary N) is 1. The molecule has 7 nitrogen and oxygen atoms in total. The van der Waals surface area contributed by atoms with Crippen molar-refractivity contribution in [2.45, 2.75) is 32.0 Å². The highest BCUT2D eigenvalue weighted by Crippen LogP contribution is 2.45. The number of carboxylic acid groups (broad SMARTS) is 1. The third-order valence-corrected chi connectivity index (χ3v) is 7.57. The van der Waals surface area contributed by atoms with Gasteiger partial charge < -0.3 is 19.9 Å². The van der Waals surface area contributed by atoms with E-state index in [4.69, 9.17) is 9.47 Å². The predicted molar refractivity (Wildman–Crippen MR) is 132 cm³/mol. The zero-order valence-electron chi connectivity index (χ0n) is 19.1. The Morgan fingerprint density at radius 2 is 1.60 bits per heavy atom. The number of carbonyl (C=O) groups excluding carboxylic acids is 2. The minimum absolute atomic E-state index is 0.190. The Bertz CT molecular complexity index is 1250. The number of amides is 1. The van der Waals surface area contributed by atoms with Crippen LogP contribution in [0.15, 0.2) is 60.0 Å². The summed E-state index contributed by atoms with van der Waals surface area (Å²) in [5.41, 5.74) is 3.88. The van der Waals surface area contributed by atoms with Crippen LogP contribution in [-0.2, 0) is 19.1 Å². The van der Waals surface area contributed by atoms with Crippen molar-refractivity contribution in [2.24, 2.45) is 11.8 Å². The molecule has 2 N–H and O–H groups in total. The van der Waals surface area contributed by atoms with Crippen LogP contribution in [-0.4, -0.2) is 41.8 Å². The molecule has 1 amide bonds. The van der Waals surface area contributed by atoms with Crippen LogP contribution in [0.2, 0.25) is 0 Å². The number of hydrogen-bond donors (Lipinski definition) is 2. The molecule has 180 valence electrons. The van der Waals surface area contributed by atoms with Crippen LogP contribution in [0.3, 0.4) is 0 Å². The summed E-state index contributed by atoms with van der Waals surface area (Å²) in [5, 5.41) is 14.6. The Kier molecular flexibility index (Phi) is 6.40. The highest BCUT2D eigenvalue weighted by molar-refractivity contribution is 7.15. The fourth-order valence-corrected chi connectivity index (χ4v) is 6.02. The van der Waals surface area contributed by atoms with Crippen LogP contribution >= 0.6 is 11.3 Å². The van der Waals surface area contributed by atoms with Crippen molar-refractivity contribution in [3.05, 3.63) is 65.5 Å². The molecule has 5 rings (SSSR count). The topological polar surface area (TPSA) is 102 Å². The van der Waals surface area contributed by atoms with E-state index in [1.807, 2.05) is 60.0 Å². The quantitative estimate of drug-likeness (QED) is 0.447. The third-order valence-electron chi connectivity index (χ3n) is 6.67. The summed E-state index contributed by atoms with van der Waals surface area (Å²) < 4.78 is 11.0. The number of carboxylic acids is 1.